The molecule has 3 aliphatic rings. The number of non-ortho nitro benzene ring substituents is 1. The van der Waals surface area contributed by atoms with Crippen molar-refractivity contribution < 1.29 is 14.5 Å². The van der Waals surface area contributed by atoms with Gasteiger partial charge in [-0.3, -0.25) is 29.5 Å². The highest BCUT2D eigenvalue weighted by Gasteiger charge is 2.62. The van der Waals surface area contributed by atoms with Gasteiger partial charge in [0.2, 0.25) is 11.8 Å². The summed E-state index contributed by atoms with van der Waals surface area (Å²) in [6.45, 7) is 0.718. The van der Waals surface area contributed by atoms with Crippen LogP contribution in [0.2, 0.25) is 0 Å². The summed E-state index contributed by atoms with van der Waals surface area (Å²) >= 11 is 5.27. The van der Waals surface area contributed by atoms with E-state index in [-0.39, 0.29) is 35.1 Å². The molecule has 0 aliphatic carbocycles. The lowest BCUT2D eigenvalue weighted by atomic mass is 9.67. The van der Waals surface area contributed by atoms with Crippen LogP contribution in [0.5, 0.6) is 0 Å². The fraction of sp³-hybridized carbons (Fsp3) is 0.526. The van der Waals surface area contributed by atoms with Crippen LogP contribution < -0.4 is 4.90 Å². The SMILES string of the molecule is CN1C(=O)C2(Cc3cc([N+](=O)[O-])ccc3N3CCCCC[C@@H]32)C(=O)N(C)C1=S. The van der Waals surface area contributed by atoms with Gasteiger partial charge in [-0.05, 0) is 36.7 Å². The fourth-order valence-electron chi connectivity index (χ4n) is 4.96. The highest BCUT2D eigenvalue weighted by molar-refractivity contribution is 7.80. The monoisotopic (exact) mass is 402 g/mol. The molecule has 1 aromatic carbocycles. The molecule has 3 aliphatic heterocycles. The van der Waals surface area contributed by atoms with E-state index in [1.807, 2.05) is 0 Å². The molecule has 9 heteroatoms. The lowest BCUT2D eigenvalue weighted by Crippen LogP contribution is -2.71. The number of carbonyl (C=O) groups excluding carboxylic acids is 2. The number of carbonyl (C=O) groups is 2. The maximum absolute atomic E-state index is 13.5. The average molecular weight is 402 g/mol. The van der Waals surface area contributed by atoms with Crippen LogP contribution in [-0.2, 0) is 16.0 Å². The van der Waals surface area contributed by atoms with Gasteiger partial charge in [0.1, 0.15) is 0 Å². The minimum atomic E-state index is -1.31. The highest BCUT2D eigenvalue weighted by atomic mass is 32.1. The maximum Gasteiger partial charge on any atom is 0.269 e. The molecule has 0 radical (unpaired) electrons. The minimum Gasteiger partial charge on any atom is -0.367 e. The number of fused-ring (bicyclic) bond motifs is 4. The van der Waals surface area contributed by atoms with Gasteiger partial charge in [0.25, 0.3) is 5.69 Å². The van der Waals surface area contributed by atoms with Crippen molar-refractivity contribution >= 4 is 40.5 Å². The Morgan fingerprint density at radius 2 is 1.82 bits per heavy atom. The summed E-state index contributed by atoms with van der Waals surface area (Å²) in [5.41, 5.74) is 0.221. The van der Waals surface area contributed by atoms with Gasteiger partial charge in [-0.1, -0.05) is 12.8 Å². The third-order valence-corrected chi connectivity index (χ3v) is 6.87. The van der Waals surface area contributed by atoms with Crippen LogP contribution >= 0.6 is 12.2 Å². The standard InChI is InChI=1S/C19H22N4O4S/c1-20-16(24)19(17(25)21(2)18(20)28)11-12-10-13(23(26)27)7-8-14(12)22-9-5-3-4-6-15(19)22/h7-8,10,15H,3-6,9,11H2,1-2H3/t15-/m1/s1. The van der Waals surface area contributed by atoms with Crippen molar-refractivity contribution in [3.8, 4) is 0 Å². The van der Waals surface area contributed by atoms with E-state index in [9.17, 15) is 19.7 Å². The number of benzene rings is 1. The molecule has 28 heavy (non-hydrogen) atoms. The third-order valence-electron chi connectivity index (χ3n) is 6.32. The molecular formula is C19H22N4O4S. The van der Waals surface area contributed by atoms with E-state index < -0.39 is 10.3 Å². The number of hydrogen-bond acceptors (Lipinski definition) is 6. The number of thiocarbonyl (C=S) groups is 1. The molecule has 148 valence electrons. The molecule has 1 aromatic rings. The number of anilines is 1. The van der Waals surface area contributed by atoms with Gasteiger partial charge in [0.05, 0.1) is 11.0 Å². The Hall–Kier alpha value is -2.55. The summed E-state index contributed by atoms with van der Waals surface area (Å²) < 4.78 is 0. The van der Waals surface area contributed by atoms with Crippen LogP contribution in [-0.4, -0.2) is 58.3 Å². The van der Waals surface area contributed by atoms with E-state index in [1.165, 1.54) is 21.9 Å². The first-order valence-electron chi connectivity index (χ1n) is 9.43. The lowest BCUT2D eigenvalue weighted by molar-refractivity contribution is -0.384. The Balaban J connectivity index is 1.93. The van der Waals surface area contributed by atoms with Crippen molar-refractivity contribution in [2.75, 3.05) is 25.5 Å². The smallest absolute Gasteiger partial charge is 0.269 e. The minimum absolute atomic E-state index is 0.0323. The van der Waals surface area contributed by atoms with Crippen molar-refractivity contribution in [2.45, 2.75) is 38.1 Å². The topological polar surface area (TPSA) is 87.0 Å². The first-order chi connectivity index (χ1) is 13.3. The first kappa shape index (κ1) is 18.8. The van der Waals surface area contributed by atoms with E-state index >= 15 is 0 Å². The van der Waals surface area contributed by atoms with Crippen LogP contribution in [0, 0.1) is 15.5 Å². The summed E-state index contributed by atoms with van der Waals surface area (Å²) in [7, 11) is 3.19. The van der Waals surface area contributed by atoms with Gasteiger partial charge in [-0.2, -0.15) is 0 Å². The summed E-state index contributed by atoms with van der Waals surface area (Å²) in [5, 5.41) is 11.5. The number of nitro groups is 1. The number of nitro benzene ring substituents is 1. The summed E-state index contributed by atoms with van der Waals surface area (Å²) in [6.07, 6.45) is 3.79. The van der Waals surface area contributed by atoms with Crippen LogP contribution in [0.25, 0.3) is 0 Å². The van der Waals surface area contributed by atoms with Gasteiger partial charge in [-0.25, -0.2) is 0 Å². The van der Waals surface area contributed by atoms with Crippen LogP contribution in [0.4, 0.5) is 11.4 Å². The summed E-state index contributed by atoms with van der Waals surface area (Å²) in [5.74, 6) is -0.621. The highest BCUT2D eigenvalue weighted by Crippen LogP contribution is 2.48. The van der Waals surface area contributed by atoms with Gasteiger partial charge in [0, 0.05) is 44.9 Å². The van der Waals surface area contributed by atoms with E-state index in [2.05, 4.69) is 4.90 Å². The van der Waals surface area contributed by atoms with Gasteiger partial charge >= 0.3 is 0 Å². The van der Waals surface area contributed by atoms with Crippen molar-refractivity contribution in [1.82, 2.24) is 9.80 Å². The van der Waals surface area contributed by atoms with Crippen LogP contribution in [0.15, 0.2) is 18.2 Å². The molecule has 3 heterocycles. The first-order valence-corrected chi connectivity index (χ1v) is 9.84. The average Bonchev–Trinajstić information content (AvgIpc) is 2.95. The van der Waals surface area contributed by atoms with Crippen molar-refractivity contribution in [1.29, 1.82) is 0 Å². The normalized spacial score (nSPS) is 24.1. The Kier molecular flexibility index (Phi) is 4.37. The molecule has 0 bridgehead atoms. The molecular weight excluding hydrogens is 380 g/mol. The van der Waals surface area contributed by atoms with E-state index in [1.54, 1.807) is 20.2 Å². The summed E-state index contributed by atoms with van der Waals surface area (Å²) in [4.78, 5) is 42.7. The lowest BCUT2D eigenvalue weighted by Gasteiger charge is -2.53. The molecule has 0 aromatic heterocycles. The van der Waals surface area contributed by atoms with Gasteiger partial charge in [0.15, 0.2) is 10.5 Å². The predicted octanol–water partition coefficient (Wildman–Crippen LogP) is 2.10. The number of hydrogen-bond donors (Lipinski definition) is 0. The molecule has 0 saturated carbocycles. The van der Waals surface area contributed by atoms with Gasteiger partial charge in [-0.15, -0.1) is 0 Å². The second-order valence-electron chi connectivity index (χ2n) is 7.79. The molecule has 2 saturated heterocycles. The Labute approximate surface area is 168 Å². The zero-order valence-corrected chi connectivity index (χ0v) is 16.7. The zero-order valence-electron chi connectivity index (χ0n) is 15.9. The third kappa shape index (κ3) is 2.45. The van der Waals surface area contributed by atoms with Crippen molar-refractivity contribution in [3.63, 3.8) is 0 Å². The van der Waals surface area contributed by atoms with Crippen LogP contribution in [0.3, 0.4) is 0 Å². The van der Waals surface area contributed by atoms with Crippen molar-refractivity contribution in [2.24, 2.45) is 5.41 Å². The van der Waals surface area contributed by atoms with Crippen molar-refractivity contribution in [3.05, 3.63) is 33.9 Å². The van der Waals surface area contributed by atoms with E-state index in [0.717, 1.165) is 37.9 Å². The number of amides is 2. The molecule has 8 nitrogen and oxygen atoms in total. The zero-order chi connectivity index (χ0) is 20.2. The molecule has 1 spiro atoms. The van der Waals surface area contributed by atoms with Crippen LogP contribution in [0.1, 0.15) is 31.2 Å². The second kappa shape index (κ2) is 6.51. The quantitative estimate of drug-likeness (QED) is 0.309. The molecule has 2 fully saturated rings. The molecule has 0 unspecified atom stereocenters. The Morgan fingerprint density at radius 1 is 1.14 bits per heavy atom. The molecule has 1 atom stereocenters. The number of nitrogens with zero attached hydrogens (tertiary/aromatic N) is 4. The molecule has 4 rings (SSSR count). The Bertz CT molecular complexity index is 878. The second-order valence-corrected chi connectivity index (χ2v) is 8.15. The fourth-order valence-corrected chi connectivity index (χ4v) is 5.13. The van der Waals surface area contributed by atoms with E-state index in [4.69, 9.17) is 12.2 Å². The summed E-state index contributed by atoms with van der Waals surface area (Å²) in [6, 6.07) is 4.48. The van der Waals surface area contributed by atoms with Gasteiger partial charge < -0.3 is 4.90 Å². The molecule has 0 N–H and O–H groups in total. The predicted molar refractivity (Wildman–Crippen MR) is 107 cm³/mol. The molecule has 2 amide bonds. The Morgan fingerprint density at radius 3 is 2.46 bits per heavy atom. The maximum atomic E-state index is 13.5. The number of rotatable bonds is 1. The largest absolute Gasteiger partial charge is 0.367 e. The van der Waals surface area contributed by atoms with E-state index in [0.29, 0.717) is 5.56 Å².